The fraction of sp³-hybridized carbons (Fsp3) is 0.481. The van der Waals surface area contributed by atoms with E-state index in [0.29, 0.717) is 17.1 Å². The lowest BCUT2D eigenvalue weighted by Crippen LogP contribution is -2.44. The number of hydrogen-bond acceptors (Lipinski definition) is 6. The quantitative estimate of drug-likeness (QED) is 0.265. The number of halogens is 2. The predicted octanol–water partition coefficient (Wildman–Crippen LogP) is 5.11. The number of hydrogen-bond donors (Lipinski definition) is 2. The summed E-state index contributed by atoms with van der Waals surface area (Å²) >= 11 is 12.3. The van der Waals surface area contributed by atoms with Crippen molar-refractivity contribution in [3.8, 4) is 0 Å². The highest BCUT2D eigenvalue weighted by Gasteiger charge is 2.30. The first-order valence-electron chi connectivity index (χ1n) is 12.5. The monoisotopic (exact) mass is 551 g/mol. The average Bonchev–Trinajstić information content (AvgIpc) is 3.35. The van der Waals surface area contributed by atoms with Crippen LogP contribution < -0.4 is 10.6 Å². The van der Waals surface area contributed by atoms with E-state index in [-0.39, 0.29) is 36.5 Å². The summed E-state index contributed by atoms with van der Waals surface area (Å²) in [5, 5.41) is 6.47. The van der Waals surface area contributed by atoms with Crippen LogP contribution in [0.15, 0.2) is 48.5 Å². The molecule has 3 rings (SSSR count). The Labute approximate surface area is 228 Å². The molecule has 1 aliphatic heterocycles. The Bertz CT molecular complexity index is 1010. The number of nitrogens with zero attached hydrogens (tertiary/aromatic N) is 1. The number of unbranched alkanes of at least 4 members (excludes halogenated alkanes) is 1. The molecule has 37 heavy (non-hydrogen) atoms. The van der Waals surface area contributed by atoms with E-state index in [1.807, 2.05) is 37.3 Å². The molecule has 3 atom stereocenters. The van der Waals surface area contributed by atoms with Crippen LogP contribution in [0.5, 0.6) is 0 Å². The Morgan fingerprint density at radius 1 is 1.08 bits per heavy atom. The van der Waals surface area contributed by atoms with Crippen molar-refractivity contribution >= 4 is 35.2 Å². The van der Waals surface area contributed by atoms with Gasteiger partial charge in [-0.15, -0.1) is 0 Å². The molecule has 0 radical (unpaired) electrons. The van der Waals surface area contributed by atoms with Crippen molar-refractivity contribution in [3.05, 3.63) is 69.7 Å². The van der Waals surface area contributed by atoms with Gasteiger partial charge in [-0.1, -0.05) is 72.9 Å². The van der Waals surface area contributed by atoms with Crippen LogP contribution in [0.2, 0.25) is 10.0 Å². The zero-order valence-electron chi connectivity index (χ0n) is 21.3. The molecule has 2 aromatic rings. The standard InChI is InChI=1S/C27H35Cl2N3O5/c1-3-4-14-36-27(34)31-25(20-10-11-22(28)23(29)15-20)26(33)30-24(19-8-6-5-7-9-19)17-32-13-12-21(16-32)37-18-35-2/h5-11,15,21,24-25H,3-4,12-14,16-18H2,1-2H3,(H,30,33)(H,31,34)/t21-,24+,25?/m0/s1. The lowest BCUT2D eigenvalue weighted by atomic mass is 10.0. The number of likely N-dealkylation sites (tertiary alicyclic amines) is 1. The molecule has 1 heterocycles. The van der Waals surface area contributed by atoms with Gasteiger partial charge in [0, 0.05) is 26.7 Å². The van der Waals surface area contributed by atoms with Gasteiger partial charge < -0.3 is 24.8 Å². The molecule has 1 unspecified atom stereocenters. The lowest BCUT2D eigenvalue weighted by molar-refractivity contribution is -0.124. The van der Waals surface area contributed by atoms with Gasteiger partial charge in [-0.25, -0.2) is 4.79 Å². The van der Waals surface area contributed by atoms with Crippen LogP contribution in [0.3, 0.4) is 0 Å². The second-order valence-electron chi connectivity index (χ2n) is 8.96. The van der Waals surface area contributed by atoms with Gasteiger partial charge in [0.2, 0.25) is 5.91 Å². The van der Waals surface area contributed by atoms with Gasteiger partial charge in [-0.3, -0.25) is 9.69 Å². The third-order valence-electron chi connectivity index (χ3n) is 6.14. The molecule has 10 heteroatoms. The van der Waals surface area contributed by atoms with Crippen LogP contribution in [0.1, 0.15) is 49.4 Å². The topological polar surface area (TPSA) is 89.1 Å². The first-order valence-corrected chi connectivity index (χ1v) is 13.2. The van der Waals surface area contributed by atoms with Gasteiger partial charge in [-0.2, -0.15) is 0 Å². The van der Waals surface area contributed by atoms with Crippen LogP contribution in [-0.4, -0.2) is 63.1 Å². The maximum absolute atomic E-state index is 13.7. The van der Waals surface area contributed by atoms with E-state index in [0.717, 1.165) is 37.9 Å². The van der Waals surface area contributed by atoms with E-state index in [1.54, 1.807) is 25.3 Å². The molecular weight excluding hydrogens is 517 g/mol. The van der Waals surface area contributed by atoms with Gasteiger partial charge in [0.25, 0.3) is 0 Å². The normalized spacial score (nSPS) is 17.2. The first kappa shape index (κ1) is 29.2. The van der Waals surface area contributed by atoms with E-state index in [1.165, 1.54) is 0 Å². The maximum Gasteiger partial charge on any atom is 0.408 e. The molecule has 2 N–H and O–H groups in total. The zero-order valence-corrected chi connectivity index (χ0v) is 22.8. The second-order valence-corrected chi connectivity index (χ2v) is 9.77. The third kappa shape index (κ3) is 9.16. The Morgan fingerprint density at radius 3 is 2.57 bits per heavy atom. The van der Waals surface area contributed by atoms with Gasteiger partial charge in [-0.05, 0) is 36.1 Å². The third-order valence-corrected chi connectivity index (χ3v) is 6.88. The summed E-state index contributed by atoms with van der Waals surface area (Å²) in [6.07, 6.45) is 1.91. The van der Waals surface area contributed by atoms with Crippen LogP contribution in [0.25, 0.3) is 0 Å². The molecule has 1 fully saturated rings. The van der Waals surface area contributed by atoms with E-state index < -0.39 is 12.1 Å². The van der Waals surface area contributed by atoms with Gasteiger partial charge in [0.1, 0.15) is 12.8 Å². The minimum atomic E-state index is -1.02. The fourth-order valence-electron chi connectivity index (χ4n) is 4.16. The predicted molar refractivity (Wildman–Crippen MR) is 144 cm³/mol. The average molecular weight is 552 g/mol. The molecule has 2 amide bonds. The van der Waals surface area contributed by atoms with Crippen molar-refractivity contribution in [1.82, 2.24) is 15.5 Å². The highest BCUT2D eigenvalue weighted by atomic mass is 35.5. The Balaban J connectivity index is 1.78. The summed E-state index contributed by atoms with van der Waals surface area (Å²) in [6.45, 7) is 4.68. The van der Waals surface area contributed by atoms with Crippen molar-refractivity contribution in [2.45, 2.75) is 44.4 Å². The Hall–Kier alpha value is -2.36. The van der Waals surface area contributed by atoms with E-state index in [9.17, 15) is 9.59 Å². The number of benzene rings is 2. The lowest BCUT2D eigenvalue weighted by Gasteiger charge is -2.27. The molecule has 0 spiro atoms. The van der Waals surface area contributed by atoms with Crippen LogP contribution in [0.4, 0.5) is 4.79 Å². The van der Waals surface area contributed by atoms with Gasteiger partial charge in [0.05, 0.1) is 28.8 Å². The van der Waals surface area contributed by atoms with Crippen molar-refractivity contribution in [2.75, 3.05) is 40.1 Å². The number of alkyl carbamates (subject to hydrolysis) is 1. The summed E-state index contributed by atoms with van der Waals surface area (Å²) in [6, 6.07) is 13.2. The number of carbonyl (C=O) groups is 2. The minimum Gasteiger partial charge on any atom is -0.450 e. The second kappa shape index (κ2) is 15.1. The molecular formula is C27H35Cl2N3O5. The van der Waals surface area contributed by atoms with Crippen LogP contribution >= 0.6 is 23.2 Å². The maximum atomic E-state index is 13.7. The minimum absolute atomic E-state index is 0.0793. The summed E-state index contributed by atoms with van der Waals surface area (Å²) in [4.78, 5) is 28.4. The van der Waals surface area contributed by atoms with Crippen molar-refractivity contribution in [1.29, 1.82) is 0 Å². The summed E-state index contributed by atoms with van der Waals surface area (Å²) in [5.74, 6) is -0.383. The first-order chi connectivity index (χ1) is 17.9. The molecule has 0 bridgehead atoms. The Morgan fingerprint density at radius 2 is 1.86 bits per heavy atom. The number of nitrogens with one attached hydrogen (secondary N) is 2. The van der Waals surface area contributed by atoms with Crippen molar-refractivity contribution in [3.63, 3.8) is 0 Å². The number of carbonyl (C=O) groups excluding carboxylic acids is 2. The highest BCUT2D eigenvalue weighted by molar-refractivity contribution is 6.42. The highest BCUT2D eigenvalue weighted by Crippen LogP contribution is 2.27. The SMILES string of the molecule is CCCCOC(=O)NC(C(=O)N[C@H](CN1CC[C@H](OCOC)C1)c1ccccc1)c1ccc(Cl)c(Cl)c1. The van der Waals surface area contributed by atoms with Crippen molar-refractivity contribution in [2.24, 2.45) is 0 Å². The molecule has 0 saturated carbocycles. The molecule has 0 aliphatic carbocycles. The van der Waals surface area contributed by atoms with Crippen LogP contribution in [-0.2, 0) is 19.0 Å². The smallest absolute Gasteiger partial charge is 0.408 e. The summed E-state index contributed by atoms with van der Waals surface area (Å²) in [7, 11) is 1.60. The number of methoxy groups -OCH3 is 1. The van der Waals surface area contributed by atoms with E-state index in [2.05, 4.69) is 15.5 Å². The molecule has 202 valence electrons. The van der Waals surface area contributed by atoms with Gasteiger partial charge >= 0.3 is 6.09 Å². The largest absolute Gasteiger partial charge is 0.450 e. The van der Waals surface area contributed by atoms with E-state index >= 15 is 0 Å². The Kier molecular flexibility index (Phi) is 12.0. The number of amides is 2. The molecule has 2 aromatic carbocycles. The molecule has 1 saturated heterocycles. The number of rotatable bonds is 13. The van der Waals surface area contributed by atoms with Crippen LogP contribution in [0, 0.1) is 0 Å². The molecule has 0 aromatic heterocycles. The van der Waals surface area contributed by atoms with Crippen molar-refractivity contribution < 1.29 is 23.8 Å². The number of ether oxygens (including phenoxy) is 3. The fourth-order valence-corrected chi connectivity index (χ4v) is 4.46. The summed E-state index contributed by atoms with van der Waals surface area (Å²) < 4.78 is 16.0. The molecule has 8 nitrogen and oxygen atoms in total. The van der Waals surface area contributed by atoms with Gasteiger partial charge in [0.15, 0.2) is 0 Å². The zero-order chi connectivity index (χ0) is 26.6. The van der Waals surface area contributed by atoms with E-state index in [4.69, 9.17) is 37.4 Å². The molecule has 1 aliphatic rings. The summed E-state index contributed by atoms with van der Waals surface area (Å²) in [5.41, 5.74) is 1.45.